The van der Waals surface area contributed by atoms with Crippen molar-refractivity contribution in [3.63, 3.8) is 0 Å². The first-order valence-electron chi connectivity index (χ1n) is 6.22. The maximum atomic E-state index is 10.6. The molecule has 1 N–H and O–H groups in total. The molecule has 0 saturated heterocycles. The van der Waals surface area contributed by atoms with Gasteiger partial charge in [-0.1, -0.05) is 20.8 Å². The number of hydrogen-bond donors (Lipinski definition) is 1. The molecule has 0 bridgehead atoms. The maximum Gasteiger partial charge on any atom is 0.317 e. The Morgan fingerprint density at radius 2 is 1.75 bits per heavy atom. The number of rotatable bonds is 3. The van der Waals surface area contributed by atoms with Crippen molar-refractivity contribution in [2.24, 2.45) is 11.3 Å². The van der Waals surface area contributed by atoms with Gasteiger partial charge in [-0.2, -0.15) is 0 Å². The molecule has 3 heteroatoms. The topological polar surface area (TPSA) is 40.5 Å². The van der Waals surface area contributed by atoms with Crippen LogP contribution in [-0.2, 0) is 4.79 Å². The van der Waals surface area contributed by atoms with Crippen LogP contribution < -0.4 is 0 Å². The van der Waals surface area contributed by atoms with Gasteiger partial charge >= 0.3 is 5.97 Å². The predicted molar refractivity (Wildman–Crippen MR) is 65.5 cm³/mol. The van der Waals surface area contributed by atoms with Crippen molar-refractivity contribution in [3.8, 4) is 0 Å². The number of carboxylic acid groups (broad SMARTS) is 1. The van der Waals surface area contributed by atoms with Crippen LogP contribution in [0.2, 0.25) is 0 Å². The molecule has 0 aromatic carbocycles. The van der Waals surface area contributed by atoms with Gasteiger partial charge < -0.3 is 5.11 Å². The highest BCUT2D eigenvalue weighted by molar-refractivity contribution is 5.69. The van der Waals surface area contributed by atoms with Crippen molar-refractivity contribution in [3.05, 3.63) is 0 Å². The molecule has 0 atom stereocenters. The summed E-state index contributed by atoms with van der Waals surface area (Å²) in [5, 5.41) is 8.75. The first-order valence-corrected chi connectivity index (χ1v) is 6.22. The van der Waals surface area contributed by atoms with Crippen LogP contribution in [0.5, 0.6) is 0 Å². The minimum Gasteiger partial charge on any atom is -0.480 e. The fraction of sp³-hybridized carbons (Fsp3) is 0.923. The van der Waals surface area contributed by atoms with Crippen molar-refractivity contribution < 1.29 is 9.90 Å². The van der Waals surface area contributed by atoms with E-state index in [-0.39, 0.29) is 6.54 Å². The van der Waals surface area contributed by atoms with Crippen LogP contribution in [0.3, 0.4) is 0 Å². The van der Waals surface area contributed by atoms with E-state index in [1.165, 1.54) is 12.8 Å². The Kier molecular flexibility index (Phi) is 4.36. The highest BCUT2D eigenvalue weighted by atomic mass is 16.4. The first kappa shape index (κ1) is 13.5. The molecule has 1 aliphatic carbocycles. The van der Waals surface area contributed by atoms with Crippen LogP contribution in [0.15, 0.2) is 0 Å². The van der Waals surface area contributed by atoms with Gasteiger partial charge in [0.05, 0.1) is 6.54 Å². The van der Waals surface area contributed by atoms with E-state index in [0.717, 1.165) is 18.8 Å². The van der Waals surface area contributed by atoms with Gasteiger partial charge in [0.25, 0.3) is 0 Å². The highest BCUT2D eigenvalue weighted by Crippen LogP contribution is 2.38. The van der Waals surface area contributed by atoms with Crippen molar-refractivity contribution in [1.29, 1.82) is 0 Å². The number of hydrogen-bond acceptors (Lipinski definition) is 2. The molecule has 16 heavy (non-hydrogen) atoms. The normalized spacial score (nSPS) is 27.1. The number of aliphatic carboxylic acids is 1. The Balaban J connectivity index is 2.40. The minimum absolute atomic E-state index is 0.171. The first-order chi connectivity index (χ1) is 7.30. The zero-order valence-corrected chi connectivity index (χ0v) is 11.0. The van der Waals surface area contributed by atoms with E-state index in [0.29, 0.717) is 11.5 Å². The molecule has 0 aromatic heterocycles. The van der Waals surface area contributed by atoms with Crippen molar-refractivity contribution in [1.82, 2.24) is 4.90 Å². The second-order valence-electron chi connectivity index (χ2n) is 6.18. The lowest BCUT2D eigenvalue weighted by Gasteiger charge is -2.39. The summed E-state index contributed by atoms with van der Waals surface area (Å²) >= 11 is 0. The lowest BCUT2D eigenvalue weighted by molar-refractivity contribution is -0.138. The minimum atomic E-state index is -0.722. The SMILES string of the molecule is CN(CC(=O)O)C1CCC(C(C)(C)C)CC1. The highest BCUT2D eigenvalue weighted by Gasteiger charge is 2.31. The van der Waals surface area contributed by atoms with Gasteiger partial charge in [0.1, 0.15) is 0 Å². The smallest absolute Gasteiger partial charge is 0.317 e. The zero-order chi connectivity index (χ0) is 12.3. The largest absolute Gasteiger partial charge is 0.480 e. The summed E-state index contributed by atoms with van der Waals surface area (Å²) in [7, 11) is 1.93. The van der Waals surface area contributed by atoms with E-state index in [4.69, 9.17) is 5.11 Å². The van der Waals surface area contributed by atoms with Crippen molar-refractivity contribution in [2.45, 2.75) is 52.5 Å². The third-order valence-electron chi connectivity index (χ3n) is 3.93. The van der Waals surface area contributed by atoms with Crippen LogP contribution in [0, 0.1) is 11.3 Å². The molecule has 0 spiro atoms. The molecule has 1 aliphatic rings. The second kappa shape index (κ2) is 5.17. The van der Waals surface area contributed by atoms with Crippen LogP contribution >= 0.6 is 0 Å². The summed E-state index contributed by atoms with van der Waals surface area (Å²) in [5.74, 6) is 0.0717. The van der Waals surface area contributed by atoms with E-state index < -0.39 is 5.97 Å². The molecule has 1 saturated carbocycles. The summed E-state index contributed by atoms with van der Waals surface area (Å²) in [5.41, 5.74) is 0.399. The summed E-state index contributed by atoms with van der Waals surface area (Å²) in [6.07, 6.45) is 4.76. The number of likely N-dealkylation sites (N-methyl/N-ethyl adjacent to an activating group) is 1. The molecule has 94 valence electrons. The summed E-state index contributed by atoms with van der Waals surface area (Å²) < 4.78 is 0. The molecule has 0 aliphatic heterocycles. The number of nitrogens with zero attached hydrogens (tertiary/aromatic N) is 1. The molecular weight excluding hydrogens is 202 g/mol. The molecule has 0 unspecified atom stereocenters. The maximum absolute atomic E-state index is 10.6. The number of carboxylic acids is 1. The van der Waals surface area contributed by atoms with Gasteiger partial charge in [-0.25, -0.2) is 0 Å². The quantitative estimate of drug-likeness (QED) is 0.805. The van der Waals surface area contributed by atoms with E-state index in [1.54, 1.807) is 0 Å². The average Bonchev–Trinajstić information content (AvgIpc) is 2.15. The lowest BCUT2D eigenvalue weighted by atomic mass is 9.71. The standard InChI is InChI=1S/C13H25NO2/c1-13(2,3)10-5-7-11(8-6-10)14(4)9-12(15)16/h10-11H,5-9H2,1-4H3,(H,15,16). The van der Waals surface area contributed by atoms with E-state index >= 15 is 0 Å². The third-order valence-corrected chi connectivity index (χ3v) is 3.93. The Bertz CT molecular complexity index is 237. The molecule has 1 rings (SSSR count). The van der Waals surface area contributed by atoms with Crippen molar-refractivity contribution >= 4 is 5.97 Å². The Morgan fingerprint density at radius 3 is 2.12 bits per heavy atom. The monoisotopic (exact) mass is 227 g/mol. The summed E-state index contributed by atoms with van der Waals surface area (Å²) in [6.45, 7) is 7.09. The van der Waals surface area contributed by atoms with Gasteiger partial charge in [0.2, 0.25) is 0 Å². The van der Waals surface area contributed by atoms with Gasteiger partial charge in [-0.05, 0) is 44.1 Å². The molecule has 0 amide bonds. The third kappa shape index (κ3) is 3.78. The molecule has 0 radical (unpaired) electrons. The van der Waals surface area contributed by atoms with Crippen molar-refractivity contribution in [2.75, 3.05) is 13.6 Å². The molecule has 1 fully saturated rings. The lowest BCUT2D eigenvalue weighted by Crippen LogP contribution is -2.40. The van der Waals surface area contributed by atoms with Crippen LogP contribution in [0.4, 0.5) is 0 Å². The zero-order valence-electron chi connectivity index (χ0n) is 11.0. The van der Waals surface area contributed by atoms with Crippen LogP contribution in [-0.4, -0.2) is 35.6 Å². The summed E-state index contributed by atoms with van der Waals surface area (Å²) in [6, 6.07) is 0.467. The molecular formula is C13H25NO2. The Hall–Kier alpha value is -0.570. The Morgan fingerprint density at radius 1 is 1.25 bits per heavy atom. The Labute approximate surface area is 98.8 Å². The predicted octanol–water partition coefficient (Wildman–Crippen LogP) is 2.61. The molecule has 0 aromatic rings. The van der Waals surface area contributed by atoms with Crippen LogP contribution in [0.25, 0.3) is 0 Å². The fourth-order valence-corrected chi connectivity index (χ4v) is 2.73. The van der Waals surface area contributed by atoms with Gasteiger partial charge in [-0.3, -0.25) is 9.69 Å². The van der Waals surface area contributed by atoms with E-state index in [9.17, 15) is 4.79 Å². The second-order valence-corrected chi connectivity index (χ2v) is 6.18. The van der Waals surface area contributed by atoms with Crippen LogP contribution in [0.1, 0.15) is 46.5 Å². The number of carbonyl (C=O) groups is 1. The van der Waals surface area contributed by atoms with E-state index in [2.05, 4.69) is 20.8 Å². The molecule has 3 nitrogen and oxygen atoms in total. The van der Waals surface area contributed by atoms with Gasteiger partial charge in [0, 0.05) is 6.04 Å². The molecule has 0 heterocycles. The summed E-state index contributed by atoms with van der Waals surface area (Å²) in [4.78, 5) is 12.6. The van der Waals surface area contributed by atoms with Gasteiger partial charge in [-0.15, -0.1) is 0 Å². The average molecular weight is 227 g/mol. The fourth-order valence-electron chi connectivity index (χ4n) is 2.73. The van der Waals surface area contributed by atoms with Gasteiger partial charge in [0.15, 0.2) is 0 Å². The van der Waals surface area contributed by atoms with E-state index in [1.807, 2.05) is 11.9 Å².